The van der Waals surface area contributed by atoms with Gasteiger partial charge in [-0.05, 0) is 24.3 Å². The number of hydrogen-bond acceptors (Lipinski definition) is 4. The molecule has 0 saturated carbocycles. The van der Waals surface area contributed by atoms with Gasteiger partial charge in [-0.2, -0.15) is 0 Å². The molecule has 1 N–H and O–H groups in total. The lowest BCUT2D eigenvalue weighted by Crippen LogP contribution is -2.28. The minimum Gasteiger partial charge on any atom is -0.421 e. The molecule has 2 heterocycles. The topological polar surface area (TPSA) is 72.2 Å². The Kier molecular flexibility index (Phi) is 3.89. The molecule has 0 aliphatic heterocycles. The second-order valence-corrected chi connectivity index (χ2v) is 5.02. The summed E-state index contributed by atoms with van der Waals surface area (Å²) >= 11 is 5.96. The zero-order valence-corrected chi connectivity index (χ0v) is 12.1. The molecule has 3 aromatic rings. The standard InChI is InChI=1S/C16H11ClN2O3/c17-13-6-3-4-10-8-12(16(21)22-14(10)13)15(20)19-9-11-5-1-2-7-18-11/h1-8H,9H2,(H,19,20). The van der Waals surface area contributed by atoms with Crippen LogP contribution in [-0.4, -0.2) is 10.9 Å². The summed E-state index contributed by atoms with van der Waals surface area (Å²) in [6.45, 7) is 0.229. The summed E-state index contributed by atoms with van der Waals surface area (Å²) in [7, 11) is 0. The van der Waals surface area contributed by atoms with Crippen LogP contribution in [0.2, 0.25) is 5.02 Å². The van der Waals surface area contributed by atoms with E-state index in [-0.39, 0.29) is 17.7 Å². The van der Waals surface area contributed by atoms with Crippen LogP contribution >= 0.6 is 11.6 Å². The van der Waals surface area contributed by atoms with Crippen LogP contribution in [0.3, 0.4) is 0 Å². The second-order valence-electron chi connectivity index (χ2n) is 4.61. The molecule has 0 fully saturated rings. The van der Waals surface area contributed by atoms with Crippen LogP contribution in [-0.2, 0) is 6.54 Å². The minimum absolute atomic E-state index is 0.0642. The largest absolute Gasteiger partial charge is 0.421 e. The number of para-hydroxylation sites is 1. The van der Waals surface area contributed by atoms with Gasteiger partial charge in [-0.3, -0.25) is 9.78 Å². The number of nitrogens with zero attached hydrogens (tertiary/aromatic N) is 1. The summed E-state index contributed by atoms with van der Waals surface area (Å²) in [5.74, 6) is -0.513. The Morgan fingerprint density at radius 3 is 2.86 bits per heavy atom. The van der Waals surface area contributed by atoms with Crippen LogP contribution in [0.4, 0.5) is 0 Å². The number of carbonyl (C=O) groups excluding carboxylic acids is 1. The minimum atomic E-state index is -0.723. The van der Waals surface area contributed by atoms with Crippen LogP contribution in [0, 0.1) is 0 Å². The van der Waals surface area contributed by atoms with Crippen molar-refractivity contribution in [2.75, 3.05) is 0 Å². The van der Waals surface area contributed by atoms with Crippen LogP contribution in [0.15, 0.2) is 57.9 Å². The number of carbonyl (C=O) groups is 1. The predicted molar refractivity (Wildman–Crippen MR) is 82.9 cm³/mol. The van der Waals surface area contributed by atoms with Crippen molar-refractivity contribution >= 4 is 28.5 Å². The Morgan fingerprint density at radius 2 is 2.09 bits per heavy atom. The van der Waals surface area contributed by atoms with Crippen LogP contribution in [0.25, 0.3) is 11.0 Å². The molecule has 2 aromatic heterocycles. The molecule has 1 aromatic carbocycles. The van der Waals surface area contributed by atoms with Gasteiger partial charge in [0, 0.05) is 11.6 Å². The number of pyridine rings is 1. The number of nitrogens with one attached hydrogen (secondary N) is 1. The first-order valence-corrected chi connectivity index (χ1v) is 6.93. The van der Waals surface area contributed by atoms with Gasteiger partial charge in [-0.15, -0.1) is 0 Å². The lowest BCUT2D eigenvalue weighted by atomic mass is 10.2. The molecule has 0 aliphatic rings. The van der Waals surface area contributed by atoms with Crippen molar-refractivity contribution in [1.82, 2.24) is 10.3 Å². The average Bonchev–Trinajstić information content (AvgIpc) is 2.54. The summed E-state index contributed by atoms with van der Waals surface area (Å²) in [5.41, 5.74) is 0.185. The van der Waals surface area contributed by atoms with Gasteiger partial charge in [0.25, 0.3) is 5.91 Å². The molecular weight excluding hydrogens is 304 g/mol. The molecule has 0 radical (unpaired) electrons. The summed E-state index contributed by atoms with van der Waals surface area (Å²) in [5, 5.41) is 3.56. The molecule has 5 nitrogen and oxygen atoms in total. The van der Waals surface area contributed by atoms with E-state index in [0.717, 1.165) is 0 Å². The maximum atomic E-state index is 12.1. The van der Waals surface area contributed by atoms with Crippen molar-refractivity contribution < 1.29 is 9.21 Å². The first-order chi connectivity index (χ1) is 10.6. The summed E-state index contributed by atoms with van der Waals surface area (Å²) in [6.07, 6.45) is 1.63. The number of amides is 1. The number of fused-ring (bicyclic) bond motifs is 1. The molecule has 0 atom stereocenters. The van der Waals surface area contributed by atoms with Crippen LogP contribution < -0.4 is 10.9 Å². The zero-order chi connectivity index (χ0) is 15.5. The van der Waals surface area contributed by atoms with E-state index in [4.69, 9.17) is 16.0 Å². The third-order valence-electron chi connectivity index (χ3n) is 3.11. The Balaban J connectivity index is 1.88. The van der Waals surface area contributed by atoms with Crippen LogP contribution in [0.1, 0.15) is 16.1 Å². The fourth-order valence-corrected chi connectivity index (χ4v) is 2.26. The average molecular weight is 315 g/mol. The van der Waals surface area contributed by atoms with Gasteiger partial charge in [0.05, 0.1) is 17.3 Å². The summed E-state index contributed by atoms with van der Waals surface area (Å²) in [6, 6.07) is 11.9. The molecule has 0 aliphatic carbocycles. The van der Waals surface area contributed by atoms with Crippen molar-refractivity contribution in [3.05, 3.63) is 75.4 Å². The molecule has 110 valence electrons. The van der Waals surface area contributed by atoms with E-state index in [1.807, 2.05) is 6.07 Å². The van der Waals surface area contributed by atoms with Gasteiger partial charge < -0.3 is 9.73 Å². The molecule has 0 saturated heterocycles. The molecule has 6 heteroatoms. The number of rotatable bonds is 3. The van der Waals surface area contributed by atoms with Crippen molar-refractivity contribution in [3.63, 3.8) is 0 Å². The number of halogens is 1. The van der Waals surface area contributed by atoms with Crippen molar-refractivity contribution in [2.45, 2.75) is 6.54 Å². The van der Waals surface area contributed by atoms with Crippen molar-refractivity contribution in [1.29, 1.82) is 0 Å². The van der Waals surface area contributed by atoms with Gasteiger partial charge in [-0.25, -0.2) is 4.79 Å². The van der Waals surface area contributed by atoms with Gasteiger partial charge in [0.15, 0.2) is 5.58 Å². The fraction of sp³-hybridized carbons (Fsp3) is 0.0625. The smallest absolute Gasteiger partial charge is 0.349 e. The maximum absolute atomic E-state index is 12.1. The second kappa shape index (κ2) is 5.99. The maximum Gasteiger partial charge on any atom is 0.349 e. The molecule has 1 amide bonds. The van der Waals surface area contributed by atoms with E-state index >= 15 is 0 Å². The Labute approximate surface area is 130 Å². The Morgan fingerprint density at radius 1 is 1.23 bits per heavy atom. The molecular formula is C16H11ClN2O3. The highest BCUT2D eigenvalue weighted by Gasteiger charge is 2.14. The zero-order valence-electron chi connectivity index (χ0n) is 11.4. The lowest BCUT2D eigenvalue weighted by molar-refractivity contribution is 0.0947. The van der Waals surface area contributed by atoms with Crippen molar-refractivity contribution in [3.8, 4) is 0 Å². The summed E-state index contributed by atoms with van der Waals surface area (Å²) < 4.78 is 5.13. The molecule has 0 bridgehead atoms. The lowest BCUT2D eigenvalue weighted by Gasteiger charge is -2.05. The third kappa shape index (κ3) is 2.84. The quantitative estimate of drug-likeness (QED) is 0.755. The number of hydrogen-bond donors (Lipinski definition) is 1. The highest BCUT2D eigenvalue weighted by molar-refractivity contribution is 6.34. The highest BCUT2D eigenvalue weighted by Crippen LogP contribution is 2.22. The van der Waals surface area contributed by atoms with Gasteiger partial charge in [0.1, 0.15) is 5.56 Å². The Hall–Kier alpha value is -2.66. The van der Waals surface area contributed by atoms with E-state index in [1.54, 1.807) is 36.5 Å². The van der Waals surface area contributed by atoms with E-state index in [0.29, 0.717) is 16.1 Å². The summed E-state index contributed by atoms with van der Waals surface area (Å²) in [4.78, 5) is 28.2. The van der Waals surface area contributed by atoms with Crippen molar-refractivity contribution in [2.24, 2.45) is 0 Å². The monoisotopic (exact) mass is 314 g/mol. The first kappa shape index (κ1) is 14.3. The predicted octanol–water partition coefficient (Wildman–Crippen LogP) is 2.77. The van der Waals surface area contributed by atoms with Crippen LogP contribution in [0.5, 0.6) is 0 Å². The number of aromatic nitrogens is 1. The molecule has 0 unspecified atom stereocenters. The normalized spacial score (nSPS) is 10.6. The number of benzene rings is 1. The van der Waals surface area contributed by atoms with E-state index < -0.39 is 11.5 Å². The third-order valence-corrected chi connectivity index (χ3v) is 3.41. The highest BCUT2D eigenvalue weighted by atomic mass is 35.5. The van der Waals surface area contributed by atoms with Gasteiger partial charge >= 0.3 is 5.63 Å². The van der Waals surface area contributed by atoms with E-state index in [1.165, 1.54) is 6.07 Å². The molecule has 22 heavy (non-hydrogen) atoms. The fourth-order valence-electron chi connectivity index (χ4n) is 2.04. The molecule has 0 spiro atoms. The van der Waals surface area contributed by atoms with E-state index in [9.17, 15) is 9.59 Å². The first-order valence-electron chi connectivity index (χ1n) is 6.55. The Bertz CT molecular complexity index is 891. The van der Waals surface area contributed by atoms with E-state index in [2.05, 4.69) is 10.3 Å². The SMILES string of the molecule is O=C(NCc1ccccn1)c1cc2cccc(Cl)c2oc1=O. The molecule has 3 rings (SSSR count). The van der Waals surface area contributed by atoms with Gasteiger partial charge in [0.2, 0.25) is 0 Å². The van der Waals surface area contributed by atoms with Gasteiger partial charge in [-0.1, -0.05) is 29.8 Å².